The molecule has 202 valence electrons. The summed E-state index contributed by atoms with van der Waals surface area (Å²) in [5.74, 6) is -1.27. The van der Waals surface area contributed by atoms with E-state index < -0.39 is 12.1 Å². The molecule has 2 heterocycles. The highest BCUT2D eigenvalue weighted by atomic mass is 19.4. The molecule has 2 aromatic heterocycles. The Morgan fingerprint density at radius 2 is 1.69 bits per heavy atom. The maximum atomic E-state index is 13.2. The average molecular weight is 539 g/mol. The first-order valence-corrected chi connectivity index (χ1v) is 11.9. The normalized spacial score (nSPS) is 11.4. The SMILES string of the molecule is COc1ccc(-c2c(-c3ccc(OCCCN(C)C)cc3)c3cc(C#N)cnc3n2OC(=O)C(F)(F)F)cc1. The molecule has 0 aliphatic rings. The highest BCUT2D eigenvalue weighted by Crippen LogP contribution is 2.41. The lowest BCUT2D eigenvalue weighted by Crippen LogP contribution is -2.33. The summed E-state index contributed by atoms with van der Waals surface area (Å²) < 4.78 is 51.5. The summed E-state index contributed by atoms with van der Waals surface area (Å²) in [6.45, 7) is 1.38. The zero-order chi connectivity index (χ0) is 28.2. The van der Waals surface area contributed by atoms with E-state index in [0.29, 0.717) is 40.2 Å². The van der Waals surface area contributed by atoms with Crippen LogP contribution in [0.15, 0.2) is 60.8 Å². The van der Waals surface area contributed by atoms with Crippen molar-refractivity contribution in [3.8, 4) is 40.0 Å². The van der Waals surface area contributed by atoms with Gasteiger partial charge in [0.2, 0.25) is 0 Å². The number of methoxy groups -OCH3 is 1. The van der Waals surface area contributed by atoms with E-state index in [2.05, 4.69) is 9.88 Å². The topological polar surface area (TPSA) is 89.6 Å². The molecular formula is C28H25F3N4O4. The van der Waals surface area contributed by atoms with Crippen LogP contribution in [0.25, 0.3) is 33.4 Å². The molecule has 0 amide bonds. The van der Waals surface area contributed by atoms with Crippen molar-refractivity contribution in [3.05, 3.63) is 66.4 Å². The Kier molecular flexibility index (Phi) is 8.07. The summed E-state index contributed by atoms with van der Waals surface area (Å²) in [5, 5.41) is 9.80. The first kappa shape index (κ1) is 27.5. The Labute approximate surface area is 222 Å². The first-order valence-electron chi connectivity index (χ1n) is 11.9. The smallest absolute Gasteiger partial charge is 0.493 e. The average Bonchev–Trinajstić information content (AvgIpc) is 3.23. The van der Waals surface area contributed by atoms with Crippen molar-refractivity contribution >= 4 is 17.0 Å². The van der Waals surface area contributed by atoms with Gasteiger partial charge in [-0.2, -0.15) is 23.2 Å². The van der Waals surface area contributed by atoms with Crippen LogP contribution in [0.3, 0.4) is 0 Å². The molecule has 4 rings (SSSR count). The van der Waals surface area contributed by atoms with Crippen LogP contribution < -0.4 is 14.3 Å². The molecule has 0 aliphatic heterocycles. The summed E-state index contributed by atoms with van der Waals surface area (Å²) in [6.07, 6.45) is -3.21. The number of ether oxygens (including phenoxy) is 2. The molecule has 0 saturated carbocycles. The number of carbonyl (C=O) groups is 1. The number of aromatic nitrogens is 2. The number of pyridine rings is 1. The standard InChI is InChI=1S/C28H25F3N4O4/c1-34(2)13-4-14-38-22-11-5-19(6-12-22)24-23-15-18(16-32)17-33-26(23)35(39-27(36)28(29,30)31)25(24)20-7-9-21(37-3)10-8-20/h5-12,15,17H,4,13-14H2,1-3H3. The molecule has 0 spiro atoms. The summed E-state index contributed by atoms with van der Waals surface area (Å²) in [4.78, 5) is 23.1. The third kappa shape index (κ3) is 6.13. The van der Waals surface area contributed by atoms with Crippen molar-refractivity contribution in [2.45, 2.75) is 12.6 Å². The van der Waals surface area contributed by atoms with E-state index in [-0.39, 0.29) is 16.9 Å². The van der Waals surface area contributed by atoms with Gasteiger partial charge in [0.05, 0.1) is 25.0 Å². The second-order valence-corrected chi connectivity index (χ2v) is 8.86. The van der Waals surface area contributed by atoms with Crippen LogP contribution in [0, 0.1) is 11.3 Å². The molecule has 4 aromatic rings. The van der Waals surface area contributed by atoms with E-state index in [1.807, 2.05) is 20.2 Å². The van der Waals surface area contributed by atoms with Crippen molar-refractivity contribution < 1.29 is 32.3 Å². The number of fused-ring (bicyclic) bond motifs is 1. The number of hydrogen-bond donors (Lipinski definition) is 0. The summed E-state index contributed by atoms with van der Waals surface area (Å²) in [7, 11) is 5.44. The molecule has 0 aliphatic carbocycles. The minimum absolute atomic E-state index is 0.0589. The van der Waals surface area contributed by atoms with Crippen molar-refractivity contribution in [1.82, 2.24) is 14.6 Å². The molecule has 0 atom stereocenters. The monoisotopic (exact) mass is 538 g/mol. The molecule has 8 nitrogen and oxygen atoms in total. The number of nitriles is 1. The molecule has 0 N–H and O–H groups in total. The third-order valence-electron chi connectivity index (χ3n) is 5.83. The minimum atomic E-state index is -5.24. The maximum Gasteiger partial charge on any atom is 0.493 e. The van der Waals surface area contributed by atoms with Crippen molar-refractivity contribution in [2.75, 3.05) is 34.4 Å². The fourth-order valence-electron chi connectivity index (χ4n) is 4.01. The number of rotatable bonds is 9. The second kappa shape index (κ2) is 11.4. The predicted octanol–water partition coefficient (Wildman–Crippen LogP) is 5.10. The van der Waals surface area contributed by atoms with Gasteiger partial charge in [0, 0.05) is 29.3 Å². The van der Waals surface area contributed by atoms with Crippen molar-refractivity contribution in [1.29, 1.82) is 5.26 Å². The van der Waals surface area contributed by atoms with Gasteiger partial charge < -0.3 is 19.2 Å². The summed E-state index contributed by atoms with van der Waals surface area (Å²) in [6, 6.07) is 17.0. The third-order valence-corrected chi connectivity index (χ3v) is 5.83. The molecule has 0 bridgehead atoms. The van der Waals surface area contributed by atoms with Gasteiger partial charge in [-0.3, -0.25) is 0 Å². The molecule has 11 heteroatoms. The Bertz CT molecular complexity index is 1510. The Morgan fingerprint density at radius 3 is 2.28 bits per heavy atom. The first-order chi connectivity index (χ1) is 18.6. The number of alkyl halides is 3. The van der Waals surface area contributed by atoms with Crippen LogP contribution >= 0.6 is 0 Å². The van der Waals surface area contributed by atoms with Gasteiger partial charge >= 0.3 is 12.1 Å². The highest BCUT2D eigenvalue weighted by molar-refractivity contribution is 6.03. The largest absolute Gasteiger partial charge is 0.497 e. The van der Waals surface area contributed by atoms with Crippen molar-refractivity contribution in [2.24, 2.45) is 0 Å². The lowest BCUT2D eigenvalue weighted by atomic mass is 9.98. The van der Waals surface area contributed by atoms with Crippen molar-refractivity contribution in [3.63, 3.8) is 0 Å². The van der Waals surface area contributed by atoms with E-state index in [1.165, 1.54) is 19.4 Å². The number of halogens is 3. The van der Waals surface area contributed by atoms with Crippen LogP contribution in [0.4, 0.5) is 13.2 Å². The predicted molar refractivity (Wildman–Crippen MR) is 138 cm³/mol. The number of benzene rings is 2. The van der Waals surface area contributed by atoms with Gasteiger partial charge in [-0.1, -0.05) is 12.1 Å². The van der Waals surface area contributed by atoms with Gasteiger partial charge in [0.25, 0.3) is 0 Å². The molecule has 0 fully saturated rings. The van der Waals surface area contributed by atoms with Gasteiger partial charge in [0.15, 0.2) is 5.65 Å². The molecule has 2 aromatic carbocycles. The van der Waals surface area contributed by atoms with Gasteiger partial charge in [-0.15, -0.1) is 0 Å². The minimum Gasteiger partial charge on any atom is -0.497 e. The quantitative estimate of drug-likeness (QED) is 0.274. The summed E-state index contributed by atoms with van der Waals surface area (Å²) in [5.41, 5.74) is 1.72. The molecule has 0 saturated heterocycles. The molecule has 39 heavy (non-hydrogen) atoms. The van der Waals surface area contributed by atoms with Gasteiger partial charge in [-0.25, -0.2) is 9.78 Å². The zero-order valence-electron chi connectivity index (χ0n) is 21.5. The lowest BCUT2D eigenvalue weighted by molar-refractivity contribution is -0.199. The van der Waals surface area contributed by atoms with Crippen LogP contribution in [0.1, 0.15) is 12.0 Å². The lowest BCUT2D eigenvalue weighted by Gasteiger charge is -2.14. The Hall–Kier alpha value is -4.56. The van der Waals surface area contributed by atoms with Crippen LogP contribution in [0.2, 0.25) is 0 Å². The zero-order valence-corrected chi connectivity index (χ0v) is 21.5. The number of carbonyl (C=O) groups excluding carboxylic acids is 1. The van der Waals surface area contributed by atoms with E-state index in [0.717, 1.165) is 17.7 Å². The number of nitrogens with zero attached hydrogens (tertiary/aromatic N) is 4. The van der Waals surface area contributed by atoms with Crippen LogP contribution in [-0.2, 0) is 4.79 Å². The fraction of sp³-hybridized carbons (Fsp3) is 0.250. The second-order valence-electron chi connectivity index (χ2n) is 8.86. The van der Waals surface area contributed by atoms with E-state index in [9.17, 15) is 23.2 Å². The number of hydrogen-bond acceptors (Lipinski definition) is 7. The van der Waals surface area contributed by atoms with Crippen LogP contribution in [0.5, 0.6) is 11.5 Å². The van der Waals surface area contributed by atoms with Crippen LogP contribution in [-0.4, -0.2) is 61.1 Å². The highest BCUT2D eigenvalue weighted by Gasteiger charge is 2.43. The van der Waals surface area contributed by atoms with E-state index in [1.54, 1.807) is 48.5 Å². The summed E-state index contributed by atoms with van der Waals surface area (Å²) >= 11 is 0. The Morgan fingerprint density at radius 1 is 1.05 bits per heavy atom. The van der Waals surface area contributed by atoms with E-state index >= 15 is 0 Å². The maximum absolute atomic E-state index is 13.2. The Balaban J connectivity index is 1.89. The molecular weight excluding hydrogens is 513 g/mol. The molecule has 0 unspecified atom stereocenters. The van der Waals surface area contributed by atoms with Gasteiger partial charge in [-0.05, 0) is 68.5 Å². The van der Waals surface area contributed by atoms with E-state index in [4.69, 9.17) is 14.3 Å². The fourth-order valence-corrected chi connectivity index (χ4v) is 4.01. The molecule has 0 radical (unpaired) electrons. The van der Waals surface area contributed by atoms with Gasteiger partial charge in [0.1, 0.15) is 17.6 Å².